The molecule has 0 saturated carbocycles. The Morgan fingerprint density at radius 2 is 2.27 bits per heavy atom. The standard InChI is InChI=1S/C8H10FNS/c1-6(2)8-7(11-9)4-3-5-10-8/h3-6H,1-2H3. The maximum atomic E-state index is 12.2. The molecule has 1 heterocycles. The number of nitrogens with zero attached hydrogens (tertiary/aromatic N) is 1. The third kappa shape index (κ3) is 1.93. The molecule has 0 aliphatic rings. The first-order valence-electron chi connectivity index (χ1n) is 3.49. The van der Waals surface area contributed by atoms with E-state index in [1.165, 1.54) is 0 Å². The predicted molar refractivity (Wildman–Crippen MR) is 45.3 cm³/mol. The van der Waals surface area contributed by atoms with Gasteiger partial charge in [0, 0.05) is 6.20 Å². The zero-order valence-corrected chi connectivity index (χ0v) is 7.36. The minimum atomic E-state index is 0.261. The first-order valence-corrected chi connectivity index (χ1v) is 4.21. The Labute approximate surface area is 70.3 Å². The molecule has 60 valence electrons. The molecule has 1 nitrogen and oxygen atoms in total. The lowest BCUT2D eigenvalue weighted by molar-refractivity contribution is 0.789. The highest BCUT2D eigenvalue weighted by atomic mass is 32.2. The SMILES string of the molecule is CC(C)c1ncccc1SF. The van der Waals surface area contributed by atoms with Crippen LogP contribution in [0.15, 0.2) is 23.2 Å². The van der Waals surface area contributed by atoms with Crippen LogP contribution < -0.4 is 0 Å². The minimum absolute atomic E-state index is 0.261. The van der Waals surface area contributed by atoms with E-state index in [1.807, 2.05) is 13.8 Å². The van der Waals surface area contributed by atoms with E-state index in [0.29, 0.717) is 4.90 Å². The largest absolute Gasteiger partial charge is 0.260 e. The number of pyridine rings is 1. The molecule has 0 saturated heterocycles. The van der Waals surface area contributed by atoms with Crippen molar-refractivity contribution in [1.29, 1.82) is 0 Å². The molecule has 0 amide bonds. The van der Waals surface area contributed by atoms with E-state index in [1.54, 1.807) is 18.3 Å². The van der Waals surface area contributed by atoms with Gasteiger partial charge in [0.1, 0.15) is 0 Å². The van der Waals surface area contributed by atoms with Crippen molar-refractivity contribution in [2.45, 2.75) is 24.7 Å². The first-order chi connectivity index (χ1) is 5.25. The number of hydrogen-bond acceptors (Lipinski definition) is 2. The van der Waals surface area contributed by atoms with Crippen molar-refractivity contribution in [3.63, 3.8) is 0 Å². The van der Waals surface area contributed by atoms with Crippen LogP contribution in [0.3, 0.4) is 0 Å². The summed E-state index contributed by atoms with van der Waals surface area (Å²) in [6.07, 6.45) is 1.69. The van der Waals surface area contributed by atoms with Crippen LogP contribution in [0.25, 0.3) is 0 Å². The summed E-state index contributed by atoms with van der Waals surface area (Å²) in [6, 6.07) is 3.49. The van der Waals surface area contributed by atoms with Crippen molar-refractivity contribution < 1.29 is 3.89 Å². The lowest BCUT2D eigenvalue weighted by atomic mass is 10.1. The Hall–Kier alpha value is -0.570. The summed E-state index contributed by atoms with van der Waals surface area (Å²) in [4.78, 5) is 4.72. The summed E-state index contributed by atoms with van der Waals surface area (Å²) < 4.78 is 12.2. The van der Waals surface area contributed by atoms with E-state index in [0.717, 1.165) is 5.69 Å². The molecule has 0 spiro atoms. The zero-order valence-electron chi connectivity index (χ0n) is 6.54. The summed E-state index contributed by atoms with van der Waals surface area (Å²) in [5.74, 6) is 0.287. The summed E-state index contributed by atoms with van der Waals surface area (Å²) >= 11 is 0.261. The van der Waals surface area contributed by atoms with Crippen LogP contribution in [0.5, 0.6) is 0 Å². The van der Waals surface area contributed by atoms with E-state index in [-0.39, 0.29) is 18.1 Å². The second-order valence-corrected chi connectivity index (χ2v) is 3.21. The van der Waals surface area contributed by atoms with Crippen molar-refractivity contribution >= 4 is 12.1 Å². The summed E-state index contributed by atoms with van der Waals surface area (Å²) in [6.45, 7) is 4.00. The Morgan fingerprint density at radius 1 is 1.55 bits per heavy atom. The number of hydrogen-bond donors (Lipinski definition) is 0. The molecule has 0 fully saturated rings. The summed E-state index contributed by atoms with van der Waals surface area (Å²) in [5.41, 5.74) is 0.833. The fourth-order valence-corrected chi connectivity index (χ4v) is 1.40. The van der Waals surface area contributed by atoms with Gasteiger partial charge in [-0.1, -0.05) is 13.8 Å². The number of rotatable bonds is 2. The van der Waals surface area contributed by atoms with Crippen LogP contribution >= 0.6 is 12.1 Å². The maximum absolute atomic E-state index is 12.2. The molecule has 0 unspecified atom stereocenters. The van der Waals surface area contributed by atoms with E-state index in [4.69, 9.17) is 0 Å². The zero-order chi connectivity index (χ0) is 8.27. The van der Waals surface area contributed by atoms with Gasteiger partial charge in [0.2, 0.25) is 0 Å². The van der Waals surface area contributed by atoms with Crippen LogP contribution in [-0.2, 0) is 0 Å². The minimum Gasteiger partial charge on any atom is -0.260 e. The van der Waals surface area contributed by atoms with Crippen LogP contribution in [-0.4, -0.2) is 4.98 Å². The first kappa shape index (κ1) is 8.53. The fourth-order valence-electron chi connectivity index (χ4n) is 0.902. The molecular weight excluding hydrogens is 161 g/mol. The van der Waals surface area contributed by atoms with Crippen LogP contribution in [0.4, 0.5) is 3.89 Å². The van der Waals surface area contributed by atoms with E-state index < -0.39 is 0 Å². The molecule has 1 rings (SSSR count). The van der Waals surface area contributed by atoms with Crippen molar-refractivity contribution in [2.75, 3.05) is 0 Å². The molecule has 0 aromatic carbocycles. The Morgan fingerprint density at radius 3 is 2.73 bits per heavy atom. The van der Waals surface area contributed by atoms with Gasteiger partial charge in [0.25, 0.3) is 0 Å². The predicted octanol–water partition coefficient (Wildman–Crippen LogP) is 3.18. The van der Waals surface area contributed by atoms with Gasteiger partial charge in [0.15, 0.2) is 0 Å². The molecule has 0 aliphatic carbocycles. The molecular formula is C8H10FNS. The average Bonchev–Trinajstić information content (AvgIpc) is 2.04. The summed E-state index contributed by atoms with van der Waals surface area (Å²) in [5, 5.41) is 0. The molecule has 0 atom stereocenters. The topological polar surface area (TPSA) is 12.9 Å². The van der Waals surface area contributed by atoms with Crippen LogP contribution in [0.2, 0.25) is 0 Å². The highest BCUT2D eigenvalue weighted by Crippen LogP contribution is 2.26. The Balaban J connectivity index is 3.02. The third-order valence-electron chi connectivity index (χ3n) is 1.43. The van der Waals surface area contributed by atoms with Crippen molar-refractivity contribution in [3.8, 4) is 0 Å². The normalized spacial score (nSPS) is 10.5. The Kier molecular flexibility index (Phi) is 2.88. The third-order valence-corrected chi connectivity index (χ3v) is 1.94. The second kappa shape index (κ2) is 3.72. The maximum Gasteiger partial charge on any atom is 0.0831 e. The van der Waals surface area contributed by atoms with Gasteiger partial charge in [-0.25, -0.2) is 0 Å². The molecule has 0 N–H and O–H groups in total. The van der Waals surface area contributed by atoms with E-state index in [9.17, 15) is 3.89 Å². The number of halogens is 1. The van der Waals surface area contributed by atoms with Gasteiger partial charge in [-0.05, 0) is 18.1 Å². The molecule has 0 radical (unpaired) electrons. The monoisotopic (exact) mass is 171 g/mol. The average molecular weight is 171 g/mol. The fraction of sp³-hybridized carbons (Fsp3) is 0.375. The smallest absolute Gasteiger partial charge is 0.0831 e. The quantitative estimate of drug-likeness (QED) is 0.677. The molecule has 11 heavy (non-hydrogen) atoms. The molecule has 1 aromatic rings. The summed E-state index contributed by atoms with van der Waals surface area (Å²) in [7, 11) is 0. The van der Waals surface area contributed by atoms with Gasteiger partial charge in [-0.3, -0.25) is 4.98 Å². The van der Waals surface area contributed by atoms with E-state index in [2.05, 4.69) is 4.98 Å². The van der Waals surface area contributed by atoms with Crippen LogP contribution in [0, 0.1) is 0 Å². The van der Waals surface area contributed by atoms with Crippen LogP contribution in [0.1, 0.15) is 25.5 Å². The lowest BCUT2D eigenvalue weighted by Gasteiger charge is -2.05. The highest BCUT2D eigenvalue weighted by Gasteiger charge is 2.06. The lowest BCUT2D eigenvalue weighted by Crippen LogP contribution is -1.93. The van der Waals surface area contributed by atoms with Crippen molar-refractivity contribution in [3.05, 3.63) is 24.0 Å². The highest BCUT2D eigenvalue weighted by molar-refractivity contribution is 7.94. The van der Waals surface area contributed by atoms with Gasteiger partial charge in [-0.15, -0.1) is 0 Å². The molecule has 1 aromatic heterocycles. The number of aromatic nitrogens is 1. The van der Waals surface area contributed by atoms with Crippen molar-refractivity contribution in [2.24, 2.45) is 0 Å². The molecule has 0 aliphatic heterocycles. The van der Waals surface area contributed by atoms with Gasteiger partial charge < -0.3 is 0 Å². The van der Waals surface area contributed by atoms with E-state index >= 15 is 0 Å². The second-order valence-electron chi connectivity index (χ2n) is 2.62. The molecule has 0 bridgehead atoms. The van der Waals surface area contributed by atoms with Gasteiger partial charge in [-0.2, -0.15) is 3.89 Å². The van der Waals surface area contributed by atoms with Gasteiger partial charge >= 0.3 is 0 Å². The van der Waals surface area contributed by atoms with Crippen molar-refractivity contribution in [1.82, 2.24) is 4.98 Å². The molecule has 3 heteroatoms. The van der Waals surface area contributed by atoms with Gasteiger partial charge in [0.05, 0.1) is 22.7 Å². The Bertz CT molecular complexity index is 237.